The number of nitriles is 1. The second kappa shape index (κ2) is 5.64. The predicted octanol–water partition coefficient (Wildman–Crippen LogP) is 1.94. The highest BCUT2D eigenvalue weighted by atomic mass is 16.2. The normalized spacial score (nSPS) is 16.6. The Labute approximate surface area is 85.7 Å². The number of rotatable bonds is 4. The number of amides is 1. The van der Waals surface area contributed by atoms with Gasteiger partial charge in [0.15, 0.2) is 0 Å². The fourth-order valence-electron chi connectivity index (χ4n) is 2.04. The van der Waals surface area contributed by atoms with Crippen molar-refractivity contribution in [3.05, 3.63) is 0 Å². The molecule has 78 valence electrons. The molecule has 0 aliphatic heterocycles. The Morgan fingerprint density at radius 1 is 1.50 bits per heavy atom. The standard InChI is InChI=1S/C11H18N2O/c1-13(11(14)7-4-8-12)9-10-5-2-3-6-10/h10H,2-7,9H2,1H3. The van der Waals surface area contributed by atoms with E-state index in [0.29, 0.717) is 18.8 Å². The Kier molecular flexibility index (Phi) is 4.45. The van der Waals surface area contributed by atoms with Gasteiger partial charge in [-0.3, -0.25) is 4.79 Å². The molecule has 0 spiro atoms. The van der Waals surface area contributed by atoms with Crippen LogP contribution in [0.2, 0.25) is 0 Å². The van der Waals surface area contributed by atoms with Gasteiger partial charge in [0, 0.05) is 26.4 Å². The minimum absolute atomic E-state index is 0.110. The van der Waals surface area contributed by atoms with Gasteiger partial charge in [-0.05, 0) is 18.8 Å². The molecule has 3 heteroatoms. The molecule has 1 aliphatic carbocycles. The number of carbonyl (C=O) groups excluding carboxylic acids is 1. The van der Waals surface area contributed by atoms with Crippen LogP contribution >= 0.6 is 0 Å². The van der Waals surface area contributed by atoms with E-state index in [0.717, 1.165) is 6.54 Å². The molecule has 1 saturated carbocycles. The van der Waals surface area contributed by atoms with E-state index in [1.165, 1.54) is 25.7 Å². The van der Waals surface area contributed by atoms with Crippen molar-refractivity contribution < 1.29 is 4.79 Å². The van der Waals surface area contributed by atoms with Crippen LogP contribution in [0.1, 0.15) is 38.5 Å². The van der Waals surface area contributed by atoms with E-state index in [9.17, 15) is 4.79 Å². The summed E-state index contributed by atoms with van der Waals surface area (Å²) in [5.41, 5.74) is 0. The maximum Gasteiger partial charge on any atom is 0.223 e. The predicted molar refractivity (Wildman–Crippen MR) is 54.4 cm³/mol. The lowest BCUT2D eigenvalue weighted by Gasteiger charge is -2.20. The Hall–Kier alpha value is -1.04. The molecule has 0 N–H and O–H groups in total. The molecule has 1 fully saturated rings. The molecule has 0 aromatic rings. The van der Waals surface area contributed by atoms with Crippen molar-refractivity contribution in [3.63, 3.8) is 0 Å². The van der Waals surface area contributed by atoms with Gasteiger partial charge < -0.3 is 4.90 Å². The van der Waals surface area contributed by atoms with Gasteiger partial charge in [-0.15, -0.1) is 0 Å². The lowest BCUT2D eigenvalue weighted by molar-refractivity contribution is -0.130. The second-order valence-electron chi connectivity index (χ2n) is 4.08. The van der Waals surface area contributed by atoms with E-state index in [1.807, 2.05) is 13.1 Å². The lowest BCUT2D eigenvalue weighted by Crippen LogP contribution is -2.30. The molecule has 0 bridgehead atoms. The van der Waals surface area contributed by atoms with E-state index in [1.54, 1.807) is 4.90 Å². The van der Waals surface area contributed by atoms with Crippen molar-refractivity contribution in [1.29, 1.82) is 5.26 Å². The van der Waals surface area contributed by atoms with Gasteiger partial charge in [0.05, 0.1) is 6.07 Å². The van der Waals surface area contributed by atoms with Crippen LogP contribution in [0.3, 0.4) is 0 Å². The molecule has 0 unspecified atom stereocenters. The molecule has 1 aliphatic rings. The van der Waals surface area contributed by atoms with Gasteiger partial charge in [-0.1, -0.05) is 12.8 Å². The molecule has 1 rings (SSSR count). The molecule has 1 amide bonds. The van der Waals surface area contributed by atoms with Crippen molar-refractivity contribution in [3.8, 4) is 6.07 Å². The van der Waals surface area contributed by atoms with Crippen molar-refractivity contribution in [2.24, 2.45) is 5.92 Å². The van der Waals surface area contributed by atoms with Crippen LogP contribution in [0.15, 0.2) is 0 Å². The third kappa shape index (κ3) is 3.37. The molecule has 3 nitrogen and oxygen atoms in total. The summed E-state index contributed by atoms with van der Waals surface area (Å²) in [6.45, 7) is 0.879. The highest BCUT2D eigenvalue weighted by molar-refractivity contribution is 5.76. The molecular weight excluding hydrogens is 176 g/mol. The number of nitrogens with zero attached hydrogens (tertiary/aromatic N) is 2. The van der Waals surface area contributed by atoms with E-state index in [-0.39, 0.29) is 5.91 Å². The zero-order valence-corrected chi connectivity index (χ0v) is 8.83. The number of hydrogen-bond acceptors (Lipinski definition) is 2. The maximum absolute atomic E-state index is 11.5. The van der Waals surface area contributed by atoms with E-state index in [2.05, 4.69) is 0 Å². The molecule has 0 aromatic carbocycles. The molecule has 0 radical (unpaired) electrons. The van der Waals surface area contributed by atoms with E-state index < -0.39 is 0 Å². The van der Waals surface area contributed by atoms with Crippen LogP contribution in [-0.2, 0) is 4.79 Å². The molecular formula is C11H18N2O. The Morgan fingerprint density at radius 3 is 2.71 bits per heavy atom. The summed E-state index contributed by atoms with van der Waals surface area (Å²) in [6, 6.07) is 2.00. The topological polar surface area (TPSA) is 44.1 Å². The molecule has 0 heterocycles. The number of hydrogen-bond donors (Lipinski definition) is 0. The fraction of sp³-hybridized carbons (Fsp3) is 0.818. The zero-order valence-electron chi connectivity index (χ0n) is 8.83. The summed E-state index contributed by atoms with van der Waals surface area (Å²) < 4.78 is 0. The molecule has 0 aromatic heterocycles. The van der Waals surface area contributed by atoms with Crippen molar-refractivity contribution in [1.82, 2.24) is 4.90 Å². The van der Waals surface area contributed by atoms with Gasteiger partial charge in [-0.2, -0.15) is 5.26 Å². The minimum Gasteiger partial charge on any atom is -0.345 e. The quantitative estimate of drug-likeness (QED) is 0.686. The Balaban J connectivity index is 2.22. The lowest BCUT2D eigenvalue weighted by atomic mass is 10.1. The van der Waals surface area contributed by atoms with Crippen molar-refractivity contribution in [2.75, 3.05) is 13.6 Å². The number of carbonyl (C=O) groups is 1. The van der Waals surface area contributed by atoms with Gasteiger partial charge >= 0.3 is 0 Å². The van der Waals surface area contributed by atoms with E-state index in [4.69, 9.17) is 5.26 Å². The summed E-state index contributed by atoms with van der Waals surface area (Å²) in [5.74, 6) is 0.810. The van der Waals surface area contributed by atoms with Crippen molar-refractivity contribution >= 4 is 5.91 Å². The van der Waals surface area contributed by atoms with Gasteiger partial charge in [-0.25, -0.2) is 0 Å². The average Bonchev–Trinajstić information content (AvgIpc) is 2.66. The smallest absolute Gasteiger partial charge is 0.223 e. The first kappa shape index (κ1) is 11.0. The van der Waals surface area contributed by atoms with E-state index >= 15 is 0 Å². The Morgan fingerprint density at radius 2 is 2.14 bits per heavy atom. The molecule has 0 atom stereocenters. The van der Waals surface area contributed by atoms with Crippen LogP contribution in [0, 0.1) is 17.2 Å². The van der Waals surface area contributed by atoms with Gasteiger partial charge in [0.2, 0.25) is 5.91 Å². The van der Waals surface area contributed by atoms with Crippen LogP contribution in [0.5, 0.6) is 0 Å². The minimum atomic E-state index is 0.110. The van der Waals surface area contributed by atoms with Crippen LogP contribution in [-0.4, -0.2) is 24.4 Å². The zero-order chi connectivity index (χ0) is 10.4. The highest BCUT2D eigenvalue weighted by Gasteiger charge is 2.18. The SMILES string of the molecule is CN(CC1CCCC1)C(=O)CCC#N. The maximum atomic E-state index is 11.5. The highest BCUT2D eigenvalue weighted by Crippen LogP contribution is 2.25. The summed E-state index contributed by atoms with van der Waals surface area (Å²) in [6.07, 6.45) is 5.86. The van der Waals surface area contributed by atoms with Crippen LogP contribution in [0.4, 0.5) is 0 Å². The summed E-state index contributed by atoms with van der Waals surface area (Å²) in [7, 11) is 1.85. The van der Waals surface area contributed by atoms with Gasteiger partial charge in [0.25, 0.3) is 0 Å². The first-order valence-corrected chi connectivity index (χ1v) is 5.35. The third-order valence-electron chi connectivity index (χ3n) is 2.88. The monoisotopic (exact) mass is 194 g/mol. The summed E-state index contributed by atoms with van der Waals surface area (Å²) in [5, 5.41) is 8.36. The summed E-state index contributed by atoms with van der Waals surface area (Å²) >= 11 is 0. The second-order valence-corrected chi connectivity index (χ2v) is 4.08. The van der Waals surface area contributed by atoms with Gasteiger partial charge in [0.1, 0.15) is 0 Å². The third-order valence-corrected chi connectivity index (χ3v) is 2.88. The van der Waals surface area contributed by atoms with Crippen LogP contribution in [0.25, 0.3) is 0 Å². The Bertz CT molecular complexity index is 226. The molecule has 0 saturated heterocycles. The average molecular weight is 194 g/mol. The largest absolute Gasteiger partial charge is 0.345 e. The molecule has 14 heavy (non-hydrogen) atoms. The first-order chi connectivity index (χ1) is 6.74. The first-order valence-electron chi connectivity index (χ1n) is 5.35. The van der Waals surface area contributed by atoms with Crippen LogP contribution < -0.4 is 0 Å². The van der Waals surface area contributed by atoms with Crippen molar-refractivity contribution in [2.45, 2.75) is 38.5 Å². The summed E-state index contributed by atoms with van der Waals surface area (Å²) in [4.78, 5) is 13.2. The fourth-order valence-corrected chi connectivity index (χ4v) is 2.04.